The Bertz CT molecular complexity index is 383. The van der Waals surface area contributed by atoms with Crippen LogP contribution in [0.4, 0.5) is 0 Å². The SMILES string of the molecule is CCC(C)c1ccc(OC(C)CCCNC2CC2)cc1. The molecule has 2 nitrogen and oxygen atoms in total. The molecule has 0 saturated heterocycles. The van der Waals surface area contributed by atoms with Crippen LogP contribution in [0, 0.1) is 0 Å². The lowest BCUT2D eigenvalue weighted by Crippen LogP contribution is -2.20. The molecule has 112 valence electrons. The summed E-state index contributed by atoms with van der Waals surface area (Å²) in [6, 6.07) is 9.44. The van der Waals surface area contributed by atoms with Gasteiger partial charge in [-0.15, -0.1) is 0 Å². The summed E-state index contributed by atoms with van der Waals surface area (Å²) in [6.07, 6.45) is 6.54. The zero-order valence-electron chi connectivity index (χ0n) is 13.2. The van der Waals surface area contributed by atoms with E-state index in [-0.39, 0.29) is 0 Å². The summed E-state index contributed by atoms with van der Waals surface area (Å²) in [6.45, 7) is 7.79. The van der Waals surface area contributed by atoms with E-state index < -0.39 is 0 Å². The molecule has 2 atom stereocenters. The predicted molar refractivity (Wildman–Crippen MR) is 85.5 cm³/mol. The number of ether oxygens (including phenoxy) is 1. The average molecular weight is 275 g/mol. The van der Waals surface area contributed by atoms with Gasteiger partial charge < -0.3 is 10.1 Å². The van der Waals surface area contributed by atoms with Crippen LogP contribution in [0.5, 0.6) is 5.75 Å². The molecule has 1 aromatic rings. The third-order valence-electron chi connectivity index (χ3n) is 4.20. The standard InChI is InChI=1S/C18H29NO/c1-4-14(2)16-7-11-18(12-8-16)20-15(3)6-5-13-19-17-9-10-17/h7-8,11-12,14-15,17,19H,4-6,9-10,13H2,1-3H3. The fraction of sp³-hybridized carbons (Fsp3) is 0.667. The highest BCUT2D eigenvalue weighted by Gasteiger charge is 2.19. The molecular weight excluding hydrogens is 246 g/mol. The Morgan fingerprint density at radius 3 is 2.50 bits per heavy atom. The first-order valence-electron chi connectivity index (χ1n) is 8.19. The highest BCUT2D eigenvalue weighted by Crippen LogP contribution is 2.22. The van der Waals surface area contributed by atoms with Crippen LogP contribution in [0.1, 0.15) is 64.4 Å². The van der Waals surface area contributed by atoms with E-state index in [2.05, 4.69) is 50.4 Å². The summed E-state index contributed by atoms with van der Waals surface area (Å²) in [5.74, 6) is 1.63. The lowest BCUT2D eigenvalue weighted by Gasteiger charge is -2.16. The zero-order valence-corrected chi connectivity index (χ0v) is 13.2. The van der Waals surface area contributed by atoms with Crippen molar-refractivity contribution < 1.29 is 4.74 Å². The largest absolute Gasteiger partial charge is 0.491 e. The van der Waals surface area contributed by atoms with Crippen LogP contribution in [-0.2, 0) is 0 Å². The lowest BCUT2D eigenvalue weighted by molar-refractivity contribution is 0.207. The number of benzene rings is 1. The van der Waals surface area contributed by atoms with Crippen molar-refractivity contribution >= 4 is 0 Å². The number of hydrogen-bond acceptors (Lipinski definition) is 2. The Labute approximate surface area is 123 Å². The maximum atomic E-state index is 5.98. The molecule has 0 amide bonds. The maximum absolute atomic E-state index is 5.98. The fourth-order valence-corrected chi connectivity index (χ4v) is 2.39. The van der Waals surface area contributed by atoms with Gasteiger partial charge in [0, 0.05) is 6.04 Å². The first-order valence-corrected chi connectivity index (χ1v) is 8.19. The van der Waals surface area contributed by atoms with Crippen LogP contribution in [0.2, 0.25) is 0 Å². The highest BCUT2D eigenvalue weighted by atomic mass is 16.5. The van der Waals surface area contributed by atoms with Crippen LogP contribution in [-0.4, -0.2) is 18.7 Å². The molecule has 2 unspecified atom stereocenters. The summed E-state index contributed by atoms with van der Waals surface area (Å²) >= 11 is 0. The molecule has 20 heavy (non-hydrogen) atoms. The van der Waals surface area contributed by atoms with Gasteiger partial charge in [-0.3, -0.25) is 0 Å². The smallest absolute Gasteiger partial charge is 0.119 e. The van der Waals surface area contributed by atoms with Gasteiger partial charge in [-0.05, 0) is 69.2 Å². The highest BCUT2D eigenvalue weighted by molar-refractivity contribution is 5.29. The molecule has 0 heterocycles. The van der Waals surface area contributed by atoms with Crippen molar-refractivity contribution in [2.75, 3.05) is 6.54 Å². The van der Waals surface area contributed by atoms with Gasteiger partial charge in [-0.2, -0.15) is 0 Å². The van der Waals surface area contributed by atoms with Gasteiger partial charge in [0.05, 0.1) is 6.10 Å². The van der Waals surface area contributed by atoms with Gasteiger partial charge in [0.15, 0.2) is 0 Å². The van der Waals surface area contributed by atoms with Crippen molar-refractivity contribution in [2.24, 2.45) is 0 Å². The van der Waals surface area contributed by atoms with Crippen LogP contribution in [0.25, 0.3) is 0 Å². The summed E-state index contributed by atoms with van der Waals surface area (Å²) in [4.78, 5) is 0. The molecule has 1 fully saturated rings. The number of hydrogen-bond donors (Lipinski definition) is 1. The van der Waals surface area contributed by atoms with Gasteiger partial charge >= 0.3 is 0 Å². The predicted octanol–water partition coefficient (Wildman–Crippen LogP) is 4.50. The Morgan fingerprint density at radius 1 is 1.20 bits per heavy atom. The number of nitrogens with one attached hydrogen (secondary N) is 1. The Hall–Kier alpha value is -1.02. The monoisotopic (exact) mass is 275 g/mol. The Morgan fingerprint density at radius 2 is 1.90 bits per heavy atom. The summed E-state index contributed by atoms with van der Waals surface area (Å²) in [5.41, 5.74) is 1.40. The van der Waals surface area contributed by atoms with E-state index in [9.17, 15) is 0 Å². The van der Waals surface area contributed by atoms with Crippen molar-refractivity contribution in [2.45, 2.75) is 70.9 Å². The molecule has 0 aliphatic heterocycles. The first-order chi connectivity index (χ1) is 9.69. The Kier molecular flexibility index (Phi) is 5.90. The van der Waals surface area contributed by atoms with E-state index in [0.717, 1.165) is 24.8 Å². The fourth-order valence-electron chi connectivity index (χ4n) is 2.39. The van der Waals surface area contributed by atoms with E-state index in [1.54, 1.807) is 0 Å². The molecular formula is C18H29NO. The minimum atomic E-state index is 0.297. The summed E-state index contributed by atoms with van der Waals surface area (Å²) in [7, 11) is 0. The third-order valence-corrected chi connectivity index (χ3v) is 4.20. The van der Waals surface area contributed by atoms with Gasteiger partial charge in [0.2, 0.25) is 0 Å². The van der Waals surface area contributed by atoms with Gasteiger partial charge in [0.25, 0.3) is 0 Å². The Balaban J connectivity index is 1.68. The van der Waals surface area contributed by atoms with Gasteiger partial charge in [-0.1, -0.05) is 26.0 Å². The molecule has 1 aliphatic rings. The molecule has 0 spiro atoms. The molecule has 0 radical (unpaired) electrons. The second-order valence-electron chi connectivity index (χ2n) is 6.18. The lowest BCUT2D eigenvalue weighted by atomic mass is 9.99. The van der Waals surface area contributed by atoms with E-state index >= 15 is 0 Å². The second kappa shape index (κ2) is 7.68. The first kappa shape index (κ1) is 15.4. The van der Waals surface area contributed by atoms with Crippen LogP contribution in [0.3, 0.4) is 0 Å². The molecule has 0 aromatic heterocycles. The molecule has 1 aromatic carbocycles. The van der Waals surface area contributed by atoms with Crippen molar-refractivity contribution in [3.8, 4) is 5.75 Å². The molecule has 1 aliphatic carbocycles. The number of rotatable bonds is 9. The van der Waals surface area contributed by atoms with E-state index in [4.69, 9.17) is 4.74 Å². The van der Waals surface area contributed by atoms with Gasteiger partial charge in [-0.25, -0.2) is 0 Å². The topological polar surface area (TPSA) is 21.3 Å². The average Bonchev–Trinajstić information content (AvgIpc) is 3.28. The minimum absolute atomic E-state index is 0.297. The van der Waals surface area contributed by atoms with Crippen molar-refractivity contribution in [1.82, 2.24) is 5.32 Å². The third kappa shape index (κ3) is 5.16. The summed E-state index contributed by atoms with van der Waals surface area (Å²) < 4.78 is 5.98. The van der Waals surface area contributed by atoms with Crippen molar-refractivity contribution in [3.05, 3.63) is 29.8 Å². The molecule has 1 N–H and O–H groups in total. The second-order valence-corrected chi connectivity index (χ2v) is 6.18. The normalized spacial score (nSPS) is 17.8. The zero-order chi connectivity index (χ0) is 14.4. The maximum Gasteiger partial charge on any atom is 0.119 e. The van der Waals surface area contributed by atoms with Crippen LogP contribution in [0.15, 0.2) is 24.3 Å². The van der Waals surface area contributed by atoms with E-state index in [0.29, 0.717) is 12.0 Å². The quantitative estimate of drug-likeness (QED) is 0.670. The van der Waals surface area contributed by atoms with Crippen LogP contribution < -0.4 is 10.1 Å². The molecule has 0 bridgehead atoms. The van der Waals surface area contributed by atoms with E-state index in [1.165, 1.54) is 31.2 Å². The molecule has 2 rings (SSSR count). The van der Waals surface area contributed by atoms with E-state index in [1.807, 2.05) is 0 Å². The molecule has 1 saturated carbocycles. The van der Waals surface area contributed by atoms with Crippen molar-refractivity contribution in [3.63, 3.8) is 0 Å². The molecule has 2 heteroatoms. The van der Waals surface area contributed by atoms with Crippen LogP contribution >= 0.6 is 0 Å². The van der Waals surface area contributed by atoms with Gasteiger partial charge in [0.1, 0.15) is 5.75 Å². The minimum Gasteiger partial charge on any atom is -0.491 e. The van der Waals surface area contributed by atoms with Crippen molar-refractivity contribution in [1.29, 1.82) is 0 Å². The summed E-state index contributed by atoms with van der Waals surface area (Å²) in [5, 5.41) is 3.55.